The summed E-state index contributed by atoms with van der Waals surface area (Å²) in [5.41, 5.74) is 2.21. The molecule has 0 bridgehead atoms. The first-order chi connectivity index (χ1) is 11.6. The van der Waals surface area contributed by atoms with E-state index in [1.165, 1.54) is 5.56 Å². The zero-order valence-corrected chi connectivity index (χ0v) is 15.0. The number of nitrogens with zero attached hydrogens (tertiary/aromatic N) is 2. The maximum Gasteiger partial charge on any atom is 0.0916 e. The minimum Gasteiger partial charge on any atom is -0.387 e. The molecular weight excluding hydrogens is 343 g/mol. The molecule has 24 heavy (non-hydrogen) atoms. The van der Waals surface area contributed by atoms with E-state index in [-0.39, 0.29) is 0 Å². The Morgan fingerprint density at radius 1 is 0.792 bits per heavy atom. The van der Waals surface area contributed by atoms with Crippen molar-refractivity contribution in [3.8, 4) is 0 Å². The molecule has 3 nitrogen and oxygen atoms in total. The van der Waals surface area contributed by atoms with Crippen LogP contribution in [0.2, 0.25) is 10.0 Å². The van der Waals surface area contributed by atoms with Crippen molar-refractivity contribution in [3.05, 3.63) is 69.7 Å². The van der Waals surface area contributed by atoms with Gasteiger partial charge in [0, 0.05) is 49.3 Å². The van der Waals surface area contributed by atoms with E-state index in [1.807, 2.05) is 36.4 Å². The summed E-state index contributed by atoms with van der Waals surface area (Å²) in [5, 5.41) is 11.9. The summed E-state index contributed by atoms with van der Waals surface area (Å²) in [7, 11) is 0. The van der Waals surface area contributed by atoms with Crippen molar-refractivity contribution >= 4 is 23.2 Å². The molecule has 0 aliphatic carbocycles. The molecule has 1 aliphatic rings. The highest BCUT2D eigenvalue weighted by Gasteiger charge is 2.20. The van der Waals surface area contributed by atoms with Gasteiger partial charge in [-0.3, -0.25) is 9.80 Å². The average molecular weight is 365 g/mol. The number of aliphatic hydroxyl groups is 1. The molecule has 0 radical (unpaired) electrons. The molecule has 1 heterocycles. The van der Waals surface area contributed by atoms with Crippen molar-refractivity contribution in [1.29, 1.82) is 0 Å². The lowest BCUT2D eigenvalue weighted by Gasteiger charge is -2.35. The molecule has 0 saturated carbocycles. The van der Waals surface area contributed by atoms with Gasteiger partial charge in [-0.1, -0.05) is 47.5 Å². The molecule has 1 fully saturated rings. The van der Waals surface area contributed by atoms with E-state index in [2.05, 4.69) is 21.9 Å². The summed E-state index contributed by atoms with van der Waals surface area (Å²) in [5.74, 6) is 0. The number of halogens is 2. The standard InChI is InChI=1S/C19H22Cl2N2O/c20-17-5-1-15(2-6-17)13-22-9-11-23(12-10-22)14-19(24)16-3-7-18(21)8-4-16/h1-8,19,24H,9-14H2. The van der Waals surface area contributed by atoms with Crippen molar-refractivity contribution in [2.45, 2.75) is 12.6 Å². The maximum absolute atomic E-state index is 10.4. The van der Waals surface area contributed by atoms with Crippen LogP contribution in [0.5, 0.6) is 0 Å². The molecule has 1 aliphatic heterocycles. The van der Waals surface area contributed by atoms with E-state index in [4.69, 9.17) is 23.2 Å². The number of benzene rings is 2. The molecule has 3 rings (SSSR count). The Labute approximate surface area is 153 Å². The normalized spacial score (nSPS) is 17.8. The molecule has 5 heteroatoms. The molecule has 1 atom stereocenters. The SMILES string of the molecule is OC(CN1CCN(Cc2ccc(Cl)cc2)CC1)c1ccc(Cl)cc1. The predicted octanol–water partition coefficient (Wildman–Crippen LogP) is 3.84. The topological polar surface area (TPSA) is 26.7 Å². The largest absolute Gasteiger partial charge is 0.387 e. The zero-order valence-electron chi connectivity index (χ0n) is 13.5. The fraction of sp³-hybridized carbons (Fsp3) is 0.368. The van der Waals surface area contributed by atoms with E-state index in [9.17, 15) is 5.11 Å². The first-order valence-corrected chi connectivity index (χ1v) is 8.98. The van der Waals surface area contributed by atoms with Gasteiger partial charge in [-0.2, -0.15) is 0 Å². The molecule has 0 amide bonds. The molecular formula is C19H22Cl2N2O. The Bertz CT molecular complexity index is 637. The van der Waals surface area contributed by atoms with Crippen LogP contribution in [0, 0.1) is 0 Å². The van der Waals surface area contributed by atoms with Gasteiger partial charge in [0.1, 0.15) is 0 Å². The Morgan fingerprint density at radius 3 is 1.88 bits per heavy atom. The summed E-state index contributed by atoms with van der Waals surface area (Å²) in [6.07, 6.45) is -0.468. The fourth-order valence-corrected chi connectivity index (χ4v) is 3.26. The van der Waals surface area contributed by atoms with Crippen molar-refractivity contribution in [3.63, 3.8) is 0 Å². The van der Waals surface area contributed by atoms with Crippen LogP contribution in [0.25, 0.3) is 0 Å². The first kappa shape index (κ1) is 17.7. The molecule has 2 aromatic carbocycles. The van der Waals surface area contributed by atoms with E-state index in [0.717, 1.165) is 43.3 Å². The number of β-amino-alcohol motifs (C(OH)–C–C–N with tert-alkyl or cyclic N) is 1. The number of piperazine rings is 1. The lowest BCUT2D eigenvalue weighted by molar-refractivity contribution is 0.0701. The summed E-state index contributed by atoms with van der Waals surface area (Å²) < 4.78 is 0. The van der Waals surface area contributed by atoms with Crippen LogP contribution in [-0.4, -0.2) is 47.6 Å². The Morgan fingerprint density at radius 2 is 1.29 bits per heavy atom. The molecule has 1 saturated heterocycles. The van der Waals surface area contributed by atoms with Gasteiger partial charge in [0.25, 0.3) is 0 Å². The highest BCUT2D eigenvalue weighted by Crippen LogP contribution is 2.19. The minimum atomic E-state index is -0.468. The first-order valence-electron chi connectivity index (χ1n) is 8.23. The van der Waals surface area contributed by atoms with Gasteiger partial charge >= 0.3 is 0 Å². The molecule has 2 aromatic rings. The maximum atomic E-state index is 10.4. The number of aliphatic hydroxyl groups excluding tert-OH is 1. The molecule has 0 spiro atoms. The second kappa shape index (κ2) is 8.32. The zero-order chi connectivity index (χ0) is 16.9. The van der Waals surface area contributed by atoms with Crippen LogP contribution in [0.15, 0.2) is 48.5 Å². The highest BCUT2D eigenvalue weighted by molar-refractivity contribution is 6.30. The molecule has 1 N–H and O–H groups in total. The Kier molecular flexibility index (Phi) is 6.14. The van der Waals surface area contributed by atoms with Gasteiger partial charge < -0.3 is 5.11 Å². The van der Waals surface area contributed by atoms with Crippen molar-refractivity contribution in [1.82, 2.24) is 9.80 Å². The minimum absolute atomic E-state index is 0.468. The lowest BCUT2D eigenvalue weighted by Crippen LogP contribution is -2.47. The van der Waals surface area contributed by atoms with Gasteiger partial charge in [-0.05, 0) is 35.4 Å². The van der Waals surface area contributed by atoms with Crippen LogP contribution in [0.3, 0.4) is 0 Å². The summed E-state index contributed by atoms with van der Waals surface area (Å²) in [6.45, 7) is 5.57. The second-order valence-corrected chi connectivity index (χ2v) is 7.14. The Hall–Kier alpha value is -1.10. The second-order valence-electron chi connectivity index (χ2n) is 6.27. The smallest absolute Gasteiger partial charge is 0.0916 e. The third-order valence-corrected chi connectivity index (χ3v) is 4.97. The Balaban J connectivity index is 1.46. The van der Waals surface area contributed by atoms with Gasteiger partial charge in [0.15, 0.2) is 0 Å². The monoisotopic (exact) mass is 364 g/mol. The summed E-state index contributed by atoms with van der Waals surface area (Å²) in [6, 6.07) is 15.5. The van der Waals surface area contributed by atoms with Crippen LogP contribution < -0.4 is 0 Å². The third kappa shape index (κ3) is 4.95. The summed E-state index contributed by atoms with van der Waals surface area (Å²) >= 11 is 11.8. The van der Waals surface area contributed by atoms with Gasteiger partial charge in [-0.15, -0.1) is 0 Å². The van der Waals surface area contributed by atoms with E-state index < -0.39 is 6.10 Å². The van der Waals surface area contributed by atoms with Crippen molar-refractivity contribution in [2.24, 2.45) is 0 Å². The van der Waals surface area contributed by atoms with Crippen LogP contribution >= 0.6 is 23.2 Å². The third-order valence-electron chi connectivity index (χ3n) is 4.47. The van der Waals surface area contributed by atoms with E-state index in [1.54, 1.807) is 0 Å². The number of hydrogen-bond donors (Lipinski definition) is 1. The van der Waals surface area contributed by atoms with E-state index >= 15 is 0 Å². The number of rotatable bonds is 5. The quantitative estimate of drug-likeness (QED) is 0.872. The van der Waals surface area contributed by atoms with Gasteiger partial charge in [-0.25, -0.2) is 0 Å². The summed E-state index contributed by atoms with van der Waals surface area (Å²) in [4.78, 5) is 4.76. The lowest BCUT2D eigenvalue weighted by atomic mass is 10.1. The number of hydrogen-bond acceptors (Lipinski definition) is 3. The van der Waals surface area contributed by atoms with Crippen LogP contribution in [-0.2, 0) is 6.54 Å². The molecule has 0 aromatic heterocycles. The highest BCUT2D eigenvalue weighted by atomic mass is 35.5. The van der Waals surface area contributed by atoms with Crippen LogP contribution in [0.1, 0.15) is 17.2 Å². The van der Waals surface area contributed by atoms with Gasteiger partial charge in [0.2, 0.25) is 0 Å². The fourth-order valence-electron chi connectivity index (χ4n) is 3.01. The molecule has 128 valence electrons. The van der Waals surface area contributed by atoms with Crippen molar-refractivity contribution in [2.75, 3.05) is 32.7 Å². The molecule has 1 unspecified atom stereocenters. The van der Waals surface area contributed by atoms with E-state index in [0.29, 0.717) is 11.6 Å². The average Bonchev–Trinajstić information content (AvgIpc) is 2.59. The van der Waals surface area contributed by atoms with Crippen LogP contribution in [0.4, 0.5) is 0 Å². The van der Waals surface area contributed by atoms with Gasteiger partial charge in [0.05, 0.1) is 6.10 Å². The predicted molar refractivity (Wildman–Crippen MR) is 99.6 cm³/mol. The van der Waals surface area contributed by atoms with Crippen molar-refractivity contribution < 1.29 is 5.11 Å².